The molecule has 23 heavy (non-hydrogen) atoms. The Bertz CT molecular complexity index is 626. The van der Waals surface area contributed by atoms with Gasteiger partial charge in [-0.2, -0.15) is 0 Å². The largest absolute Gasteiger partial charge is 0.372 e. The third-order valence-corrected chi connectivity index (χ3v) is 4.35. The quantitative estimate of drug-likeness (QED) is 0.853. The maximum Gasteiger partial charge on any atom is 0.224 e. The molecule has 1 amide bonds. The van der Waals surface area contributed by atoms with Crippen LogP contribution in [0, 0.1) is 13.8 Å². The van der Waals surface area contributed by atoms with Gasteiger partial charge in [0.15, 0.2) is 0 Å². The van der Waals surface area contributed by atoms with Gasteiger partial charge in [-0.1, -0.05) is 42.4 Å². The van der Waals surface area contributed by atoms with Gasteiger partial charge in [-0.3, -0.25) is 4.79 Å². The maximum atomic E-state index is 12.3. The highest BCUT2D eigenvalue weighted by atomic mass is 16.5. The molecule has 0 aliphatic rings. The summed E-state index contributed by atoms with van der Waals surface area (Å²) in [7, 11) is 1.68. The molecule has 0 bridgehead atoms. The van der Waals surface area contributed by atoms with E-state index in [-0.39, 0.29) is 12.3 Å². The number of methoxy groups -OCH3 is 1. The van der Waals surface area contributed by atoms with Crippen molar-refractivity contribution in [2.45, 2.75) is 39.2 Å². The summed E-state index contributed by atoms with van der Waals surface area (Å²) in [5.41, 5.74) is 2.15. The molecule has 0 fully saturated rings. The highest BCUT2D eigenvalue weighted by Crippen LogP contribution is 2.28. The predicted octanol–water partition coefficient (Wildman–Crippen LogP) is 2.90. The first-order valence-corrected chi connectivity index (χ1v) is 7.81. The number of aromatic nitrogens is 1. The second kappa shape index (κ2) is 7.42. The molecule has 0 spiro atoms. The van der Waals surface area contributed by atoms with Gasteiger partial charge in [-0.15, -0.1) is 0 Å². The van der Waals surface area contributed by atoms with E-state index in [2.05, 4.69) is 17.4 Å². The number of hydrogen-bond acceptors (Lipinski definition) is 4. The van der Waals surface area contributed by atoms with E-state index >= 15 is 0 Å². The fourth-order valence-electron chi connectivity index (χ4n) is 2.73. The molecule has 1 unspecified atom stereocenters. The lowest BCUT2D eigenvalue weighted by molar-refractivity contribution is -0.122. The van der Waals surface area contributed by atoms with E-state index in [0.29, 0.717) is 12.3 Å². The van der Waals surface area contributed by atoms with Gasteiger partial charge in [0.1, 0.15) is 11.4 Å². The molecule has 1 atom stereocenters. The number of rotatable bonds is 7. The van der Waals surface area contributed by atoms with Gasteiger partial charge < -0.3 is 14.6 Å². The summed E-state index contributed by atoms with van der Waals surface area (Å²) in [5, 5.41) is 6.86. The minimum atomic E-state index is -0.518. The van der Waals surface area contributed by atoms with Gasteiger partial charge in [0.25, 0.3) is 0 Å². The minimum Gasteiger partial charge on any atom is -0.372 e. The SMILES string of the molecule is CCC(CNC(=O)Cc1c(C)noc1C)(OC)c1ccccc1. The monoisotopic (exact) mass is 316 g/mol. The third-order valence-electron chi connectivity index (χ3n) is 4.35. The zero-order valence-electron chi connectivity index (χ0n) is 14.2. The second-order valence-corrected chi connectivity index (χ2v) is 5.67. The predicted molar refractivity (Wildman–Crippen MR) is 88.1 cm³/mol. The third kappa shape index (κ3) is 3.79. The molecule has 0 aliphatic heterocycles. The van der Waals surface area contributed by atoms with E-state index in [1.807, 2.05) is 44.2 Å². The number of amides is 1. The molecule has 0 aliphatic carbocycles. The molecule has 5 nitrogen and oxygen atoms in total. The van der Waals surface area contributed by atoms with Gasteiger partial charge in [0, 0.05) is 12.7 Å². The Hall–Kier alpha value is -2.14. The van der Waals surface area contributed by atoms with Crippen LogP contribution in [-0.2, 0) is 21.6 Å². The molecule has 1 N–H and O–H groups in total. The number of hydrogen-bond donors (Lipinski definition) is 1. The van der Waals surface area contributed by atoms with Crippen molar-refractivity contribution in [3.63, 3.8) is 0 Å². The molecule has 2 rings (SSSR count). The first-order chi connectivity index (χ1) is 11.0. The van der Waals surface area contributed by atoms with E-state index in [0.717, 1.165) is 23.2 Å². The Labute approximate surface area is 137 Å². The Balaban J connectivity index is 2.06. The molecule has 1 heterocycles. The molecular formula is C18H24N2O3. The summed E-state index contributed by atoms with van der Waals surface area (Å²) in [4.78, 5) is 12.3. The molecule has 1 aromatic carbocycles. The normalized spacial score (nSPS) is 13.6. The highest BCUT2D eigenvalue weighted by Gasteiger charge is 2.30. The molecule has 2 aromatic rings. The van der Waals surface area contributed by atoms with Crippen LogP contribution in [0.25, 0.3) is 0 Å². The van der Waals surface area contributed by atoms with Crippen molar-refractivity contribution < 1.29 is 14.1 Å². The van der Waals surface area contributed by atoms with Crippen molar-refractivity contribution >= 4 is 5.91 Å². The number of ether oxygens (including phenoxy) is 1. The summed E-state index contributed by atoms with van der Waals surface area (Å²) >= 11 is 0. The summed E-state index contributed by atoms with van der Waals surface area (Å²) in [6, 6.07) is 9.96. The number of carbonyl (C=O) groups is 1. The first kappa shape index (κ1) is 17.2. The van der Waals surface area contributed by atoms with Gasteiger partial charge in [-0.25, -0.2) is 0 Å². The molecule has 0 saturated heterocycles. The van der Waals surface area contributed by atoms with Gasteiger partial charge in [0.2, 0.25) is 5.91 Å². The number of aryl methyl sites for hydroxylation is 2. The number of benzene rings is 1. The van der Waals surface area contributed by atoms with Gasteiger partial charge in [0.05, 0.1) is 18.7 Å². The average Bonchev–Trinajstić information content (AvgIpc) is 2.89. The van der Waals surface area contributed by atoms with Crippen LogP contribution in [0.1, 0.15) is 35.9 Å². The van der Waals surface area contributed by atoms with Crippen LogP contribution < -0.4 is 5.32 Å². The average molecular weight is 316 g/mol. The zero-order chi connectivity index (χ0) is 16.9. The second-order valence-electron chi connectivity index (χ2n) is 5.67. The van der Waals surface area contributed by atoms with Gasteiger partial charge in [-0.05, 0) is 25.8 Å². The topological polar surface area (TPSA) is 64.4 Å². The Morgan fingerprint density at radius 3 is 2.52 bits per heavy atom. The van der Waals surface area contributed by atoms with Crippen LogP contribution in [0.15, 0.2) is 34.9 Å². The Kier molecular flexibility index (Phi) is 5.55. The van der Waals surface area contributed by atoms with Crippen molar-refractivity contribution in [2.24, 2.45) is 0 Å². The lowest BCUT2D eigenvalue weighted by atomic mass is 9.90. The van der Waals surface area contributed by atoms with E-state index in [9.17, 15) is 4.79 Å². The van der Waals surface area contributed by atoms with Crippen LogP contribution in [0.5, 0.6) is 0 Å². The molecule has 0 saturated carbocycles. The summed E-state index contributed by atoms with van der Waals surface area (Å²) in [5.74, 6) is 0.624. The first-order valence-electron chi connectivity index (χ1n) is 7.81. The van der Waals surface area contributed by atoms with Crippen molar-refractivity contribution in [2.75, 3.05) is 13.7 Å². The van der Waals surface area contributed by atoms with Crippen LogP contribution >= 0.6 is 0 Å². The number of nitrogens with one attached hydrogen (secondary N) is 1. The van der Waals surface area contributed by atoms with Crippen LogP contribution in [0.3, 0.4) is 0 Å². The van der Waals surface area contributed by atoms with Crippen LogP contribution in [0.4, 0.5) is 0 Å². The van der Waals surface area contributed by atoms with Crippen molar-refractivity contribution in [1.29, 1.82) is 0 Å². The lowest BCUT2D eigenvalue weighted by Crippen LogP contribution is -2.42. The molecule has 1 aromatic heterocycles. The van der Waals surface area contributed by atoms with Crippen molar-refractivity contribution in [1.82, 2.24) is 10.5 Å². The molecule has 0 radical (unpaired) electrons. The van der Waals surface area contributed by atoms with Crippen molar-refractivity contribution in [3.05, 3.63) is 52.9 Å². The van der Waals surface area contributed by atoms with E-state index in [1.54, 1.807) is 7.11 Å². The Morgan fingerprint density at radius 1 is 1.30 bits per heavy atom. The molecule has 124 valence electrons. The smallest absolute Gasteiger partial charge is 0.224 e. The maximum absolute atomic E-state index is 12.3. The lowest BCUT2D eigenvalue weighted by Gasteiger charge is -2.32. The van der Waals surface area contributed by atoms with E-state index < -0.39 is 5.60 Å². The highest BCUT2D eigenvalue weighted by molar-refractivity contribution is 5.79. The zero-order valence-corrected chi connectivity index (χ0v) is 14.2. The van der Waals surface area contributed by atoms with Gasteiger partial charge >= 0.3 is 0 Å². The van der Waals surface area contributed by atoms with E-state index in [1.165, 1.54) is 0 Å². The van der Waals surface area contributed by atoms with E-state index in [4.69, 9.17) is 9.26 Å². The number of carbonyl (C=O) groups excluding carboxylic acids is 1. The van der Waals surface area contributed by atoms with Crippen LogP contribution in [-0.4, -0.2) is 24.7 Å². The molecule has 5 heteroatoms. The molecular weight excluding hydrogens is 292 g/mol. The fraction of sp³-hybridized carbons (Fsp3) is 0.444. The van der Waals surface area contributed by atoms with Crippen molar-refractivity contribution in [3.8, 4) is 0 Å². The standard InChI is InChI=1S/C18H24N2O3/c1-5-18(22-4,15-9-7-6-8-10-15)12-19-17(21)11-16-13(2)20-23-14(16)3/h6-10H,5,11-12H2,1-4H3,(H,19,21). The summed E-state index contributed by atoms with van der Waals surface area (Å²) in [6.07, 6.45) is 1.03. The fourth-order valence-corrected chi connectivity index (χ4v) is 2.73. The Morgan fingerprint density at radius 2 is 2.00 bits per heavy atom. The summed E-state index contributed by atoms with van der Waals surface area (Å²) in [6.45, 7) is 6.13. The van der Waals surface area contributed by atoms with Crippen LogP contribution in [0.2, 0.25) is 0 Å². The minimum absolute atomic E-state index is 0.0646. The summed E-state index contributed by atoms with van der Waals surface area (Å²) < 4.78 is 10.9. The number of nitrogens with zero attached hydrogens (tertiary/aromatic N) is 1.